The summed E-state index contributed by atoms with van der Waals surface area (Å²) in [5.74, 6) is 0.502. The normalized spacial score (nSPS) is 15.3. The number of carbonyl (C=O) groups excluding carboxylic acids is 2. The first-order valence-corrected chi connectivity index (χ1v) is 9.38. The molecule has 9 nitrogen and oxygen atoms in total. The number of hydrogen-bond acceptors (Lipinski definition) is 6. The summed E-state index contributed by atoms with van der Waals surface area (Å²) in [6.07, 6.45) is 5.60. The molecule has 2 aromatic heterocycles. The Labute approximate surface area is 164 Å². The summed E-state index contributed by atoms with van der Waals surface area (Å²) in [4.78, 5) is 34.6. The van der Waals surface area contributed by atoms with E-state index >= 15 is 0 Å². The van der Waals surface area contributed by atoms with E-state index in [2.05, 4.69) is 20.4 Å². The molecule has 3 rings (SSSR count). The van der Waals surface area contributed by atoms with E-state index in [4.69, 9.17) is 4.74 Å². The summed E-state index contributed by atoms with van der Waals surface area (Å²) in [6.45, 7) is 6.92. The van der Waals surface area contributed by atoms with Crippen molar-refractivity contribution in [2.24, 2.45) is 5.92 Å². The molecule has 1 fully saturated rings. The highest BCUT2D eigenvalue weighted by atomic mass is 16.6. The van der Waals surface area contributed by atoms with Gasteiger partial charge in [-0.15, -0.1) is 0 Å². The third-order valence-electron chi connectivity index (χ3n) is 4.47. The van der Waals surface area contributed by atoms with E-state index in [0.717, 1.165) is 5.56 Å². The van der Waals surface area contributed by atoms with Crippen molar-refractivity contribution >= 4 is 12.0 Å². The number of nitrogens with zero attached hydrogens (tertiary/aromatic N) is 5. The molecule has 1 aliphatic heterocycles. The van der Waals surface area contributed by atoms with Crippen LogP contribution in [-0.2, 0) is 16.1 Å². The third-order valence-corrected chi connectivity index (χ3v) is 4.47. The van der Waals surface area contributed by atoms with Crippen LogP contribution in [0.5, 0.6) is 0 Å². The van der Waals surface area contributed by atoms with Crippen LogP contribution in [0.1, 0.15) is 39.2 Å². The molecule has 0 aliphatic carbocycles. The molecule has 0 aromatic carbocycles. The molecule has 0 atom stereocenters. The van der Waals surface area contributed by atoms with E-state index in [9.17, 15) is 9.59 Å². The molecule has 2 amide bonds. The molecule has 0 bridgehead atoms. The molecular weight excluding hydrogens is 360 g/mol. The highest BCUT2D eigenvalue weighted by Crippen LogP contribution is 2.20. The lowest BCUT2D eigenvalue weighted by molar-refractivity contribution is -0.126. The third kappa shape index (κ3) is 5.05. The van der Waals surface area contributed by atoms with E-state index in [1.807, 2.05) is 32.9 Å². The number of pyridine rings is 1. The Hall–Kier alpha value is -2.97. The van der Waals surface area contributed by atoms with Crippen molar-refractivity contribution in [2.45, 2.75) is 45.8 Å². The van der Waals surface area contributed by atoms with E-state index in [1.165, 1.54) is 6.33 Å². The van der Waals surface area contributed by atoms with Gasteiger partial charge in [0.15, 0.2) is 5.82 Å². The van der Waals surface area contributed by atoms with Crippen molar-refractivity contribution in [2.75, 3.05) is 13.1 Å². The molecule has 0 radical (unpaired) electrons. The predicted octanol–water partition coefficient (Wildman–Crippen LogP) is 1.93. The van der Waals surface area contributed by atoms with Gasteiger partial charge in [-0.1, -0.05) is 6.07 Å². The van der Waals surface area contributed by atoms with E-state index in [0.29, 0.717) is 38.3 Å². The maximum Gasteiger partial charge on any atom is 0.410 e. The highest BCUT2D eigenvalue weighted by molar-refractivity contribution is 5.79. The largest absolute Gasteiger partial charge is 0.444 e. The van der Waals surface area contributed by atoms with Gasteiger partial charge in [0.05, 0.1) is 0 Å². The Kier molecular flexibility index (Phi) is 5.91. The van der Waals surface area contributed by atoms with E-state index < -0.39 is 5.60 Å². The minimum atomic E-state index is -0.517. The van der Waals surface area contributed by atoms with Crippen LogP contribution in [-0.4, -0.2) is 55.3 Å². The average Bonchev–Trinajstić information content (AvgIpc) is 3.19. The standard InChI is InChI=1S/C19H26N6O3/c1-19(2,3)28-18(27)24-9-6-14(7-10-24)17(26)22-11-15-5-4-8-21-16(15)25-13-20-12-23-25/h4-5,8,12-14H,6-7,9-11H2,1-3H3,(H,22,26). The Morgan fingerprint density at radius 1 is 1.29 bits per heavy atom. The van der Waals surface area contributed by atoms with Crippen LogP contribution in [0.25, 0.3) is 5.82 Å². The summed E-state index contributed by atoms with van der Waals surface area (Å²) in [5, 5.41) is 7.07. The molecule has 150 valence electrons. The second-order valence-corrected chi connectivity index (χ2v) is 7.79. The summed E-state index contributed by atoms with van der Waals surface area (Å²) in [5.41, 5.74) is 0.337. The molecular formula is C19H26N6O3. The van der Waals surface area contributed by atoms with Crippen LogP contribution in [0, 0.1) is 5.92 Å². The molecule has 9 heteroatoms. The molecule has 3 heterocycles. The summed E-state index contributed by atoms with van der Waals surface area (Å²) >= 11 is 0. The number of aromatic nitrogens is 4. The van der Waals surface area contributed by atoms with Gasteiger partial charge in [-0.25, -0.2) is 19.4 Å². The van der Waals surface area contributed by atoms with Crippen molar-refractivity contribution in [3.05, 3.63) is 36.5 Å². The van der Waals surface area contributed by atoms with Crippen LogP contribution in [0.4, 0.5) is 4.79 Å². The molecule has 1 aliphatic rings. The van der Waals surface area contributed by atoms with Crippen molar-refractivity contribution in [1.82, 2.24) is 30.0 Å². The average molecular weight is 386 g/mol. The van der Waals surface area contributed by atoms with Crippen molar-refractivity contribution in [3.8, 4) is 5.82 Å². The molecule has 2 aromatic rings. The Morgan fingerprint density at radius 2 is 2.04 bits per heavy atom. The lowest BCUT2D eigenvalue weighted by Gasteiger charge is -2.32. The first-order valence-electron chi connectivity index (χ1n) is 9.38. The fourth-order valence-electron chi connectivity index (χ4n) is 3.07. The summed E-state index contributed by atoms with van der Waals surface area (Å²) < 4.78 is 6.96. The SMILES string of the molecule is CC(C)(C)OC(=O)N1CCC(C(=O)NCc2cccnc2-n2cncn2)CC1. The number of ether oxygens (including phenoxy) is 1. The molecule has 0 unspecified atom stereocenters. The Balaban J connectivity index is 1.52. The number of nitrogens with one attached hydrogen (secondary N) is 1. The quantitative estimate of drug-likeness (QED) is 0.861. The Morgan fingerprint density at radius 3 is 2.68 bits per heavy atom. The number of hydrogen-bond donors (Lipinski definition) is 1. The molecule has 28 heavy (non-hydrogen) atoms. The van der Waals surface area contributed by atoms with Crippen molar-refractivity contribution in [3.63, 3.8) is 0 Å². The van der Waals surface area contributed by atoms with Crippen LogP contribution in [0.15, 0.2) is 31.0 Å². The summed E-state index contributed by atoms with van der Waals surface area (Å²) in [6, 6.07) is 3.72. The highest BCUT2D eigenvalue weighted by Gasteiger charge is 2.29. The lowest BCUT2D eigenvalue weighted by atomic mass is 9.96. The van der Waals surface area contributed by atoms with Crippen molar-refractivity contribution in [1.29, 1.82) is 0 Å². The van der Waals surface area contributed by atoms with E-state index in [-0.39, 0.29) is 17.9 Å². The van der Waals surface area contributed by atoms with Gasteiger partial charge in [-0.3, -0.25) is 4.79 Å². The number of carbonyl (C=O) groups is 2. The molecule has 0 spiro atoms. The van der Waals surface area contributed by atoms with Gasteiger partial charge in [-0.05, 0) is 39.7 Å². The fourth-order valence-corrected chi connectivity index (χ4v) is 3.07. The number of rotatable bonds is 4. The second-order valence-electron chi connectivity index (χ2n) is 7.79. The van der Waals surface area contributed by atoms with Crippen molar-refractivity contribution < 1.29 is 14.3 Å². The van der Waals surface area contributed by atoms with Gasteiger partial charge in [-0.2, -0.15) is 5.10 Å². The van der Waals surface area contributed by atoms with Crippen LogP contribution in [0.2, 0.25) is 0 Å². The van der Waals surface area contributed by atoms with Gasteiger partial charge >= 0.3 is 6.09 Å². The van der Waals surface area contributed by atoms with Gasteiger partial charge in [0.1, 0.15) is 18.3 Å². The predicted molar refractivity (Wildman–Crippen MR) is 102 cm³/mol. The Bertz CT molecular complexity index is 807. The molecule has 1 saturated heterocycles. The minimum absolute atomic E-state index is 0.0165. The number of likely N-dealkylation sites (tertiary alicyclic amines) is 1. The van der Waals surface area contributed by atoms with Gasteiger partial charge in [0, 0.05) is 37.3 Å². The van der Waals surface area contributed by atoms with Gasteiger partial charge in [0.2, 0.25) is 5.91 Å². The molecule has 0 saturated carbocycles. The topological polar surface area (TPSA) is 102 Å². The zero-order chi connectivity index (χ0) is 20.1. The zero-order valence-electron chi connectivity index (χ0n) is 16.5. The van der Waals surface area contributed by atoms with Crippen LogP contribution < -0.4 is 5.32 Å². The fraction of sp³-hybridized carbons (Fsp3) is 0.526. The maximum absolute atomic E-state index is 12.6. The lowest BCUT2D eigenvalue weighted by Crippen LogP contribution is -2.44. The zero-order valence-corrected chi connectivity index (χ0v) is 16.5. The van der Waals surface area contributed by atoms with Crippen LogP contribution >= 0.6 is 0 Å². The maximum atomic E-state index is 12.6. The second kappa shape index (κ2) is 8.37. The number of piperidine rings is 1. The number of amides is 2. The monoisotopic (exact) mass is 386 g/mol. The van der Waals surface area contributed by atoms with Crippen LogP contribution in [0.3, 0.4) is 0 Å². The van der Waals surface area contributed by atoms with Gasteiger partial charge < -0.3 is 15.0 Å². The van der Waals surface area contributed by atoms with Gasteiger partial charge in [0.25, 0.3) is 0 Å². The summed E-state index contributed by atoms with van der Waals surface area (Å²) in [7, 11) is 0. The first kappa shape index (κ1) is 19.8. The minimum Gasteiger partial charge on any atom is -0.444 e. The smallest absolute Gasteiger partial charge is 0.410 e. The van der Waals surface area contributed by atoms with E-state index in [1.54, 1.807) is 22.1 Å². The molecule has 1 N–H and O–H groups in total. The first-order chi connectivity index (χ1) is 13.3.